The summed E-state index contributed by atoms with van der Waals surface area (Å²) < 4.78 is 0. The molecule has 14 heavy (non-hydrogen) atoms. The average Bonchev–Trinajstić information content (AvgIpc) is 2.64. The summed E-state index contributed by atoms with van der Waals surface area (Å²) in [6.45, 7) is 6.47. The number of carbonyl (C=O) groups is 1. The number of carbonyl (C=O) groups excluding carboxylic acids is 1. The first-order chi connectivity index (χ1) is 6.51. The second-order valence-electron chi connectivity index (χ2n) is 3.89. The van der Waals surface area contributed by atoms with Gasteiger partial charge in [0.1, 0.15) is 0 Å². The third kappa shape index (κ3) is 2.12. The minimum Gasteiger partial charge on any atom is -0.346 e. The van der Waals surface area contributed by atoms with Crippen LogP contribution >= 0.6 is 11.3 Å². The maximum absolute atomic E-state index is 10.5. The molecular formula is C10H16N2OS. The van der Waals surface area contributed by atoms with E-state index in [9.17, 15) is 4.79 Å². The molecule has 0 aliphatic carbocycles. The summed E-state index contributed by atoms with van der Waals surface area (Å²) in [6, 6.07) is 0. The van der Waals surface area contributed by atoms with E-state index in [0.29, 0.717) is 4.88 Å². The molecule has 0 spiro atoms. The van der Waals surface area contributed by atoms with Crippen molar-refractivity contribution in [2.75, 3.05) is 11.9 Å². The number of hydrogen-bond acceptors (Lipinski definition) is 4. The molecule has 0 aliphatic heterocycles. The van der Waals surface area contributed by atoms with Crippen molar-refractivity contribution >= 4 is 22.8 Å². The van der Waals surface area contributed by atoms with Crippen LogP contribution in [0.25, 0.3) is 0 Å². The number of aromatic nitrogens is 1. The van der Waals surface area contributed by atoms with Gasteiger partial charge in [-0.25, -0.2) is 4.98 Å². The molecule has 1 aromatic heterocycles. The van der Waals surface area contributed by atoms with Gasteiger partial charge in [-0.3, -0.25) is 4.79 Å². The van der Waals surface area contributed by atoms with Crippen LogP contribution in [0.5, 0.6) is 0 Å². The molecule has 0 fully saturated rings. The summed E-state index contributed by atoms with van der Waals surface area (Å²) in [5.41, 5.74) is 0.0814. The van der Waals surface area contributed by atoms with Gasteiger partial charge in [-0.05, 0) is 20.3 Å². The molecule has 0 amide bonds. The zero-order chi connectivity index (χ0) is 10.8. The second-order valence-corrected chi connectivity index (χ2v) is 4.93. The van der Waals surface area contributed by atoms with Crippen LogP contribution in [0.15, 0.2) is 6.20 Å². The molecule has 0 unspecified atom stereocenters. The predicted molar refractivity (Wildman–Crippen MR) is 60.3 cm³/mol. The van der Waals surface area contributed by atoms with E-state index in [1.807, 2.05) is 7.05 Å². The molecular weight excluding hydrogens is 196 g/mol. The van der Waals surface area contributed by atoms with Crippen LogP contribution in [0.2, 0.25) is 0 Å². The van der Waals surface area contributed by atoms with Gasteiger partial charge in [0.25, 0.3) is 0 Å². The van der Waals surface area contributed by atoms with Gasteiger partial charge in [0.15, 0.2) is 11.4 Å². The summed E-state index contributed by atoms with van der Waals surface area (Å²) >= 11 is 1.43. The third-order valence-electron chi connectivity index (χ3n) is 2.69. The number of nitrogens with zero attached hydrogens (tertiary/aromatic N) is 2. The lowest BCUT2D eigenvalue weighted by Crippen LogP contribution is -2.40. The molecule has 78 valence electrons. The Hall–Kier alpha value is -0.900. The molecule has 0 N–H and O–H groups in total. The Morgan fingerprint density at radius 3 is 2.71 bits per heavy atom. The molecule has 1 rings (SSSR count). The summed E-state index contributed by atoms with van der Waals surface area (Å²) in [5.74, 6) is 0. The number of hydrogen-bond donors (Lipinski definition) is 0. The first-order valence-electron chi connectivity index (χ1n) is 4.66. The molecule has 0 saturated heterocycles. The standard InChI is InChI=1S/C10H16N2OS/c1-5-10(2,3)12(4)9-11-6-8(7-13)14-9/h6-7H,5H2,1-4H3. The highest BCUT2D eigenvalue weighted by Crippen LogP contribution is 2.27. The predicted octanol–water partition coefficient (Wildman–Crippen LogP) is 2.58. The normalized spacial score (nSPS) is 11.4. The van der Waals surface area contributed by atoms with E-state index in [-0.39, 0.29) is 5.54 Å². The van der Waals surface area contributed by atoms with Gasteiger partial charge in [-0.2, -0.15) is 0 Å². The van der Waals surface area contributed by atoms with Gasteiger partial charge in [-0.15, -0.1) is 0 Å². The van der Waals surface area contributed by atoms with E-state index in [1.165, 1.54) is 11.3 Å². The smallest absolute Gasteiger partial charge is 0.186 e. The average molecular weight is 212 g/mol. The van der Waals surface area contributed by atoms with E-state index in [2.05, 4.69) is 30.7 Å². The number of anilines is 1. The maximum Gasteiger partial charge on any atom is 0.186 e. The Balaban J connectivity index is 2.88. The largest absolute Gasteiger partial charge is 0.346 e. The van der Waals surface area contributed by atoms with E-state index in [1.54, 1.807) is 6.20 Å². The van der Waals surface area contributed by atoms with Crippen molar-refractivity contribution in [3.8, 4) is 0 Å². The minimum atomic E-state index is 0.0814. The molecule has 4 heteroatoms. The Kier molecular flexibility index (Phi) is 3.26. The molecule has 0 radical (unpaired) electrons. The van der Waals surface area contributed by atoms with Crippen LogP contribution < -0.4 is 4.90 Å². The molecule has 1 aromatic rings. The lowest BCUT2D eigenvalue weighted by Gasteiger charge is -2.34. The zero-order valence-electron chi connectivity index (χ0n) is 9.07. The first-order valence-corrected chi connectivity index (χ1v) is 5.47. The number of thiazole rings is 1. The van der Waals surface area contributed by atoms with Gasteiger partial charge in [0.2, 0.25) is 0 Å². The molecule has 0 atom stereocenters. The topological polar surface area (TPSA) is 33.2 Å². The van der Waals surface area contributed by atoms with Gasteiger partial charge >= 0.3 is 0 Å². The van der Waals surface area contributed by atoms with Crippen molar-refractivity contribution in [2.45, 2.75) is 32.7 Å². The van der Waals surface area contributed by atoms with Crippen molar-refractivity contribution in [3.63, 3.8) is 0 Å². The monoisotopic (exact) mass is 212 g/mol. The minimum absolute atomic E-state index is 0.0814. The lowest BCUT2D eigenvalue weighted by atomic mass is 10.0. The number of rotatable bonds is 4. The lowest BCUT2D eigenvalue weighted by molar-refractivity contribution is 0.112. The van der Waals surface area contributed by atoms with Crippen LogP contribution in [0.4, 0.5) is 5.13 Å². The highest BCUT2D eigenvalue weighted by Gasteiger charge is 2.23. The third-order valence-corrected chi connectivity index (χ3v) is 3.69. The summed E-state index contributed by atoms with van der Waals surface area (Å²) in [6.07, 6.45) is 3.50. The fourth-order valence-corrected chi connectivity index (χ4v) is 1.84. The Morgan fingerprint density at radius 1 is 1.64 bits per heavy atom. The SMILES string of the molecule is CCC(C)(C)N(C)c1ncc(C=O)s1. The molecule has 0 aromatic carbocycles. The van der Waals surface area contributed by atoms with Crippen molar-refractivity contribution in [1.82, 2.24) is 4.98 Å². The Morgan fingerprint density at radius 2 is 2.29 bits per heavy atom. The quantitative estimate of drug-likeness (QED) is 0.719. The van der Waals surface area contributed by atoms with Crippen LogP contribution in [-0.4, -0.2) is 23.9 Å². The second kappa shape index (κ2) is 4.09. The Labute approximate surface area is 88.8 Å². The molecule has 3 nitrogen and oxygen atoms in total. The Bertz CT molecular complexity index is 320. The molecule has 0 aliphatic rings. The van der Waals surface area contributed by atoms with Gasteiger partial charge < -0.3 is 4.90 Å². The van der Waals surface area contributed by atoms with Crippen molar-refractivity contribution in [2.24, 2.45) is 0 Å². The van der Waals surface area contributed by atoms with Gasteiger partial charge in [0, 0.05) is 12.6 Å². The maximum atomic E-state index is 10.5. The van der Waals surface area contributed by atoms with Crippen LogP contribution in [0, 0.1) is 0 Å². The zero-order valence-corrected chi connectivity index (χ0v) is 9.89. The van der Waals surface area contributed by atoms with Crippen LogP contribution in [-0.2, 0) is 0 Å². The summed E-state index contributed by atoms with van der Waals surface area (Å²) in [7, 11) is 2.01. The molecule has 0 bridgehead atoms. The summed E-state index contributed by atoms with van der Waals surface area (Å²) in [5, 5.41) is 0.902. The highest BCUT2D eigenvalue weighted by atomic mass is 32.1. The van der Waals surface area contributed by atoms with Gasteiger partial charge in [0.05, 0.1) is 11.1 Å². The van der Waals surface area contributed by atoms with Crippen LogP contribution in [0.1, 0.15) is 36.9 Å². The van der Waals surface area contributed by atoms with Crippen LogP contribution in [0.3, 0.4) is 0 Å². The fraction of sp³-hybridized carbons (Fsp3) is 0.600. The summed E-state index contributed by atoms with van der Waals surface area (Å²) in [4.78, 5) is 17.5. The highest BCUT2D eigenvalue weighted by molar-refractivity contribution is 7.17. The van der Waals surface area contributed by atoms with E-state index in [4.69, 9.17) is 0 Å². The molecule has 0 saturated carbocycles. The van der Waals surface area contributed by atoms with Crippen molar-refractivity contribution in [1.29, 1.82) is 0 Å². The fourth-order valence-electron chi connectivity index (χ4n) is 0.983. The first kappa shape index (κ1) is 11.2. The molecule has 1 heterocycles. The van der Waals surface area contributed by atoms with Crippen molar-refractivity contribution < 1.29 is 4.79 Å². The number of aldehydes is 1. The van der Waals surface area contributed by atoms with Gasteiger partial charge in [-0.1, -0.05) is 18.3 Å². The van der Waals surface area contributed by atoms with E-state index >= 15 is 0 Å². The van der Waals surface area contributed by atoms with Crippen molar-refractivity contribution in [3.05, 3.63) is 11.1 Å². The van der Waals surface area contributed by atoms with E-state index in [0.717, 1.165) is 17.8 Å². The van der Waals surface area contributed by atoms with E-state index < -0.39 is 0 Å².